The van der Waals surface area contributed by atoms with E-state index in [-0.39, 0.29) is 32.0 Å². The van der Waals surface area contributed by atoms with E-state index < -0.39 is 26.5 Å². The number of allylic oxidation sites excluding steroid dienone is 10. The second-order valence-electron chi connectivity index (χ2n) is 26.3. The molecular weight excluding hydrogens is 1090 g/mol. The minimum atomic E-state index is -4.64. The van der Waals surface area contributed by atoms with E-state index in [0.29, 0.717) is 17.4 Å². The highest BCUT2D eigenvalue weighted by Gasteiger charge is 2.22. The Labute approximate surface area is 534 Å². The average molecular weight is 1230 g/mol. The Kier molecular flexibility index (Phi) is 65.3. The molecule has 0 aromatic rings. The summed E-state index contributed by atoms with van der Waals surface area (Å²) in [6.45, 7) is 4.19. The van der Waals surface area contributed by atoms with Gasteiger partial charge in [0.05, 0.1) is 27.7 Å². The second kappa shape index (κ2) is 67.1. The van der Waals surface area contributed by atoms with Gasteiger partial charge in [-0.15, -0.1) is 0 Å². The number of rotatable bonds is 69. The highest BCUT2D eigenvalue weighted by molar-refractivity contribution is 7.45. The Morgan fingerprint density at radius 2 is 0.663 bits per heavy atom. The number of hydrogen-bond acceptors (Lipinski definition) is 8. The van der Waals surface area contributed by atoms with Gasteiger partial charge in [-0.3, -0.25) is 14.2 Å². The van der Waals surface area contributed by atoms with Crippen LogP contribution in [0.2, 0.25) is 0 Å². The molecule has 0 aliphatic heterocycles. The number of unbranched alkanes of at least 4 members (excludes halogenated alkanes) is 45. The zero-order valence-electron chi connectivity index (χ0n) is 57.5. The molecule has 0 saturated heterocycles. The Morgan fingerprint density at radius 3 is 1.00 bits per heavy atom. The van der Waals surface area contributed by atoms with Crippen molar-refractivity contribution < 1.29 is 42.1 Å². The maximum absolute atomic E-state index is 12.9. The maximum atomic E-state index is 12.9. The molecule has 0 rings (SSSR count). The number of ether oxygens (including phenoxy) is 2. The predicted molar refractivity (Wildman–Crippen MR) is 370 cm³/mol. The van der Waals surface area contributed by atoms with Crippen LogP contribution in [0.15, 0.2) is 60.8 Å². The summed E-state index contributed by atoms with van der Waals surface area (Å²) in [6.07, 6.45) is 89.0. The van der Waals surface area contributed by atoms with Crippen molar-refractivity contribution in [2.24, 2.45) is 0 Å². The fourth-order valence-corrected chi connectivity index (χ4v) is 11.6. The zero-order valence-corrected chi connectivity index (χ0v) is 58.4. The van der Waals surface area contributed by atoms with Gasteiger partial charge in [-0.25, -0.2) is 0 Å². The van der Waals surface area contributed by atoms with E-state index in [4.69, 9.17) is 18.5 Å². The lowest BCUT2D eigenvalue weighted by Gasteiger charge is -2.28. The first-order chi connectivity index (χ1) is 42.0. The molecule has 2 atom stereocenters. The van der Waals surface area contributed by atoms with Crippen LogP contribution in [0, 0.1) is 0 Å². The zero-order chi connectivity index (χ0) is 62.6. The Balaban J connectivity index is 3.94. The van der Waals surface area contributed by atoms with Gasteiger partial charge in [0.15, 0.2) is 6.10 Å². The molecule has 0 aliphatic rings. The van der Waals surface area contributed by atoms with Gasteiger partial charge in [0.1, 0.15) is 19.8 Å². The first kappa shape index (κ1) is 83.7. The van der Waals surface area contributed by atoms with Crippen LogP contribution < -0.4 is 4.89 Å². The van der Waals surface area contributed by atoms with Crippen molar-refractivity contribution in [3.05, 3.63) is 60.8 Å². The summed E-state index contributed by atoms with van der Waals surface area (Å²) in [5.74, 6) is -0.813. The molecule has 0 aromatic carbocycles. The molecule has 0 aliphatic carbocycles. The molecule has 0 N–H and O–H groups in total. The lowest BCUT2D eigenvalue weighted by molar-refractivity contribution is -0.870. The average Bonchev–Trinajstić information content (AvgIpc) is 3.67. The smallest absolute Gasteiger partial charge is 0.306 e. The standard InChI is InChI=1S/C76H142NO8P/c1-6-8-10-12-14-16-18-20-22-24-26-28-30-32-33-34-35-36-37-38-39-40-41-42-43-45-47-49-51-53-55-57-59-61-63-65-67-69-76(79)85-74(73-84-86(80,81)83-71-70-77(3,4)5)72-82-75(78)68-66-64-62-60-58-56-54-52-50-48-46-44-31-29-27-25-23-21-19-17-15-13-11-9-7-2/h8,10,14,16,20,22,25-28,74H,6-7,9,11-13,15,17-19,21,23-24,29-73H2,1-5H3/b10-8-,16-14-,22-20-,27-25-,28-26-. The van der Waals surface area contributed by atoms with Gasteiger partial charge >= 0.3 is 11.9 Å². The lowest BCUT2D eigenvalue weighted by Crippen LogP contribution is -2.37. The van der Waals surface area contributed by atoms with Crippen molar-refractivity contribution in [1.82, 2.24) is 0 Å². The monoisotopic (exact) mass is 1230 g/mol. The van der Waals surface area contributed by atoms with Crippen molar-refractivity contribution in [2.45, 2.75) is 367 Å². The number of quaternary nitrogens is 1. The summed E-state index contributed by atoms with van der Waals surface area (Å²) in [6, 6.07) is 0. The molecular formula is C76H142NO8P. The van der Waals surface area contributed by atoms with Gasteiger partial charge in [0.25, 0.3) is 7.82 Å². The Hall–Kier alpha value is -2.29. The van der Waals surface area contributed by atoms with Crippen LogP contribution >= 0.6 is 7.82 Å². The maximum Gasteiger partial charge on any atom is 0.306 e. The quantitative estimate of drug-likeness (QED) is 0.0195. The fraction of sp³-hybridized carbons (Fsp3) is 0.842. The molecule has 86 heavy (non-hydrogen) atoms. The summed E-state index contributed by atoms with van der Waals surface area (Å²) in [4.78, 5) is 38.1. The van der Waals surface area contributed by atoms with E-state index in [0.717, 1.165) is 57.8 Å². The first-order valence-electron chi connectivity index (χ1n) is 37.0. The molecule has 0 aromatic heterocycles. The molecule has 0 saturated carbocycles. The minimum Gasteiger partial charge on any atom is -0.756 e. The van der Waals surface area contributed by atoms with Crippen molar-refractivity contribution in [2.75, 3.05) is 47.5 Å². The topological polar surface area (TPSA) is 111 Å². The van der Waals surface area contributed by atoms with E-state index in [9.17, 15) is 19.0 Å². The molecule has 0 heterocycles. The number of carbonyl (C=O) groups is 2. The van der Waals surface area contributed by atoms with Crippen LogP contribution in [0.3, 0.4) is 0 Å². The normalized spacial score (nSPS) is 13.4. The van der Waals surface area contributed by atoms with Gasteiger partial charge in [-0.2, -0.15) is 0 Å². The second-order valence-corrected chi connectivity index (χ2v) is 27.7. The number of carbonyl (C=O) groups excluding carboxylic acids is 2. The van der Waals surface area contributed by atoms with Crippen molar-refractivity contribution in [1.29, 1.82) is 0 Å². The van der Waals surface area contributed by atoms with Crippen LogP contribution in [0.4, 0.5) is 0 Å². The SMILES string of the molecule is CC/C=C\C/C=C\C/C=C\C/C=C\CCCCCCCCCCCCCCCCCCCCCCCCCCC(=O)OC(COC(=O)CCCCCCCCCCCCCCC/C=C\CCCCCCCCCC)COP(=O)([O-])OCC[N+](C)(C)C. The van der Waals surface area contributed by atoms with Gasteiger partial charge in [0, 0.05) is 12.8 Å². The van der Waals surface area contributed by atoms with E-state index in [1.165, 1.54) is 270 Å². The van der Waals surface area contributed by atoms with E-state index in [1.54, 1.807) is 0 Å². The number of nitrogens with zero attached hydrogens (tertiary/aromatic N) is 1. The van der Waals surface area contributed by atoms with E-state index >= 15 is 0 Å². The Bertz CT molecular complexity index is 1630. The largest absolute Gasteiger partial charge is 0.756 e. The van der Waals surface area contributed by atoms with Crippen LogP contribution in [0.5, 0.6) is 0 Å². The molecule has 0 radical (unpaired) electrons. The van der Waals surface area contributed by atoms with Gasteiger partial charge in [-0.05, 0) is 77.0 Å². The predicted octanol–water partition coefficient (Wildman–Crippen LogP) is 23.5. The number of likely N-dealkylation sites (N-methyl/N-ethyl adjacent to an activating group) is 1. The summed E-state index contributed by atoms with van der Waals surface area (Å²) >= 11 is 0. The van der Waals surface area contributed by atoms with Gasteiger partial charge in [-0.1, -0.05) is 331 Å². The van der Waals surface area contributed by atoms with Crippen LogP contribution in [-0.2, 0) is 32.7 Å². The molecule has 0 bridgehead atoms. The third kappa shape index (κ3) is 70.8. The molecule has 0 amide bonds. The van der Waals surface area contributed by atoms with Crippen LogP contribution in [-0.4, -0.2) is 70.0 Å². The van der Waals surface area contributed by atoms with Crippen LogP contribution in [0.25, 0.3) is 0 Å². The highest BCUT2D eigenvalue weighted by Crippen LogP contribution is 2.38. The lowest BCUT2D eigenvalue weighted by atomic mass is 10.0. The fourth-order valence-electron chi connectivity index (χ4n) is 10.9. The number of hydrogen-bond donors (Lipinski definition) is 0. The third-order valence-electron chi connectivity index (χ3n) is 16.5. The van der Waals surface area contributed by atoms with Crippen molar-refractivity contribution in [3.8, 4) is 0 Å². The van der Waals surface area contributed by atoms with Crippen molar-refractivity contribution in [3.63, 3.8) is 0 Å². The third-order valence-corrected chi connectivity index (χ3v) is 17.5. The first-order valence-corrected chi connectivity index (χ1v) is 38.5. The number of esters is 2. The van der Waals surface area contributed by atoms with Crippen molar-refractivity contribution >= 4 is 19.8 Å². The highest BCUT2D eigenvalue weighted by atomic mass is 31.2. The molecule has 10 heteroatoms. The molecule has 504 valence electrons. The summed E-state index contributed by atoms with van der Waals surface area (Å²) in [5.41, 5.74) is 0. The molecule has 0 spiro atoms. The van der Waals surface area contributed by atoms with E-state index in [1.807, 2.05) is 21.1 Å². The number of phosphoric ester groups is 1. The molecule has 0 fully saturated rings. The van der Waals surface area contributed by atoms with Crippen LogP contribution in [0.1, 0.15) is 361 Å². The summed E-state index contributed by atoms with van der Waals surface area (Å²) in [7, 11) is 1.18. The Morgan fingerprint density at radius 1 is 0.372 bits per heavy atom. The summed E-state index contributed by atoms with van der Waals surface area (Å²) in [5, 5.41) is 0. The summed E-state index contributed by atoms with van der Waals surface area (Å²) < 4.78 is 34.4. The van der Waals surface area contributed by atoms with E-state index in [2.05, 4.69) is 74.6 Å². The number of phosphoric acid groups is 1. The minimum absolute atomic E-state index is 0.0288. The van der Waals surface area contributed by atoms with Gasteiger partial charge < -0.3 is 27.9 Å². The molecule has 9 nitrogen and oxygen atoms in total. The molecule has 2 unspecified atom stereocenters. The van der Waals surface area contributed by atoms with Gasteiger partial charge in [0.2, 0.25) is 0 Å².